The molecule has 0 bridgehead atoms. The summed E-state index contributed by atoms with van der Waals surface area (Å²) in [6.45, 7) is 7.29. The van der Waals surface area contributed by atoms with Crippen molar-refractivity contribution in [2.24, 2.45) is 5.41 Å². The van der Waals surface area contributed by atoms with Crippen LogP contribution in [-0.2, 0) is 4.79 Å². The Bertz CT molecular complexity index is 376. The van der Waals surface area contributed by atoms with E-state index in [9.17, 15) is 9.18 Å². The van der Waals surface area contributed by atoms with E-state index in [-0.39, 0.29) is 17.8 Å². The Morgan fingerprint density at radius 3 is 2.59 bits per heavy atom. The fourth-order valence-electron chi connectivity index (χ4n) is 2.64. The second-order valence-electron chi connectivity index (χ2n) is 5.91. The normalized spacial score (nSPS) is 36.1. The van der Waals surface area contributed by atoms with E-state index in [1.54, 1.807) is 20.8 Å². The average molecular weight is 240 g/mol. The highest BCUT2D eigenvalue weighted by atomic mass is 19.1. The minimum absolute atomic E-state index is 0.0812. The molecule has 4 atom stereocenters. The fraction of sp³-hybridized carbons (Fsp3) is 0.769. The Morgan fingerprint density at radius 2 is 2.12 bits per heavy atom. The molecule has 0 spiro atoms. The molecule has 1 saturated carbocycles. The van der Waals surface area contributed by atoms with Crippen LogP contribution in [-0.4, -0.2) is 24.0 Å². The van der Waals surface area contributed by atoms with Crippen LogP contribution < -0.4 is 10.6 Å². The van der Waals surface area contributed by atoms with Gasteiger partial charge in [-0.1, -0.05) is 6.92 Å². The first kappa shape index (κ1) is 12.6. The molecule has 1 amide bonds. The van der Waals surface area contributed by atoms with Crippen molar-refractivity contribution in [2.45, 2.75) is 58.7 Å². The standard InChI is InChI=1S/C13H21FN2O/c1-7(2)11(14)8(3)15-12(17)9-5-13(4)6-10(13)16-9/h8-10,16H,5-6H2,1-4H3,(H,15,17)/t8-,9-,10+,13-/m0/s1. The summed E-state index contributed by atoms with van der Waals surface area (Å²) in [6, 6.07) is -0.188. The lowest BCUT2D eigenvalue weighted by molar-refractivity contribution is -0.123. The average Bonchev–Trinajstić information content (AvgIpc) is 2.75. The molecule has 2 N–H and O–H groups in total. The number of rotatable bonds is 3. The van der Waals surface area contributed by atoms with E-state index in [4.69, 9.17) is 0 Å². The van der Waals surface area contributed by atoms with Crippen molar-refractivity contribution in [3.05, 3.63) is 11.4 Å². The Hall–Kier alpha value is -0.900. The van der Waals surface area contributed by atoms with Gasteiger partial charge in [-0.25, -0.2) is 4.39 Å². The molecular formula is C13H21FN2O. The molecule has 17 heavy (non-hydrogen) atoms. The number of carbonyl (C=O) groups is 1. The number of amides is 1. The Kier molecular flexibility index (Phi) is 3.02. The Balaban J connectivity index is 1.88. The molecule has 2 aliphatic rings. The predicted octanol–water partition coefficient (Wildman–Crippen LogP) is 1.90. The van der Waals surface area contributed by atoms with Gasteiger partial charge in [0.1, 0.15) is 5.83 Å². The van der Waals surface area contributed by atoms with Gasteiger partial charge in [0.15, 0.2) is 0 Å². The fourth-order valence-corrected chi connectivity index (χ4v) is 2.64. The quantitative estimate of drug-likeness (QED) is 0.791. The van der Waals surface area contributed by atoms with Gasteiger partial charge < -0.3 is 10.6 Å². The summed E-state index contributed by atoms with van der Waals surface area (Å²) in [5.74, 6) is -0.324. The van der Waals surface area contributed by atoms with E-state index in [2.05, 4.69) is 17.6 Å². The first-order chi connectivity index (χ1) is 7.83. The molecule has 0 radical (unpaired) electrons. The van der Waals surface area contributed by atoms with E-state index in [1.807, 2.05) is 0 Å². The minimum Gasteiger partial charge on any atom is -0.346 e. The first-order valence-electron chi connectivity index (χ1n) is 6.23. The van der Waals surface area contributed by atoms with E-state index in [0.717, 1.165) is 12.8 Å². The number of hydrogen-bond acceptors (Lipinski definition) is 2. The van der Waals surface area contributed by atoms with Gasteiger partial charge in [-0.05, 0) is 44.6 Å². The number of allylic oxidation sites excluding steroid dienone is 1. The van der Waals surface area contributed by atoms with Crippen molar-refractivity contribution in [1.82, 2.24) is 10.6 Å². The van der Waals surface area contributed by atoms with Crippen LogP contribution in [0.25, 0.3) is 0 Å². The van der Waals surface area contributed by atoms with Crippen LogP contribution in [0.4, 0.5) is 4.39 Å². The van der Waals surface area contributed by atoms with Crippen LogP contribution >= 0.6 is 0 Å². The van der Waals surface area contributed by atoms with E-state index < -0.39 is 6.04 Å². The van der Waals surface area contributed by atoms with Gasteiger partial charge in [-0.15, -0.1) is 0 Å². The van der Waals surface area contributed by atoms with Gasteiger partial charge in [0.05, 0.1) is 12.1 Å². The minimum atomic E-state index is -0.529. The maximum absolute atomic E-state index is 13.6. The zero-order valence-electron chi connectivity index (χ0n) is 10.9. The highest BCUT2D eigenvalue weighted by Crippen LogP contribution is 2.53. The molecule has 1 aliphatic carbocycles. The number of halogens is 1. The molecule has 96 valence electrons. The SMILES string of the molecule is CC(C)=C(F)[C@H](C)NC(=O)[C@@H]1C[C@@]2(C)C[C@H]2N1. The van der Waals surface area contributed by atoms with Gasteiger partial charge in [-0.2, -0.15) is 0 Å². The summed E-state index contributed by atoms with van der Waals surface area (Å²) in [7, 11) is 0. The zero-order chi connectivity index (χ0) is 12.8. The second-order valence-corrected chi connectivity index (χ2v) is 5.91. The summed E-state index contributed by atoms with van der Waals surface area (Å²) >= 11 is 0. The number of hydrogen-bond donors (Lipinski definition) is 2. The molecular weight excluding hydrogens is 219 g/mol. The van der Waals surface area contributed by atoms with E-state index in [0.29, 0.717) is 17.0 Å². The maximum atomic E-state index is 13.6. The van der Waals surface area contributed by atoms with Gasteiger partial charge in [0.25, 0.3) is 0 Å². The molecule has 0 aromatic heterocycles. The number of piperidine rings is 1. The molecule has 1 heterocycles. The third kappa shape index (κ3) is 2.37. The summed E-state index contributed by atoms with van der Waals surface area (Å²) in [4.78, 5) is 11.9. The third-order valence-electron chi connectivity index (χ3n) is 3.96. The molecule has 0 aromatic carbocycles. The maximum Gasteiger partial charge on any atom is 0.237 e. The lowest BCUT2D eigenvalue weighted by Gasteiger charge is -2.18. The van der Waals surface area contributed by atoms with Crippen molar-refractivity contribution < 1.29 is 9.18 Å². The van der Waals surface area contributed by atoms with Crippen LogP contribution in [0.1, 0.15) is 40.5 Å². The third-order valence-corrected chi connectivity index (χ3v) is 3.96. The van der Waals surface area contributed by atoms with Crippen LogP contribution in [0.15, 0.2) is 11.4 Å². The van der Waals surface area contributed by atoms with Crippen LogP contribution in [0, 0.1) is 5.41 Å². The Morgan fingerprint density at radius 1 is 1.47 bits per heavy atom. The topological polar surface area (TPSA) is 41.1 Å². The second kappa shape index (κ2) is 4.09. The summed E-state index contributed by atoms with van der Waals surface area (Å²) in [5, 5.41) is 6.02. The van der Waals surface area contributed by atoms with Gasteiger partial charge in [0, 0.05) is 6.04 Å². The largest absolute Gasteiger partial charge is 0.346 e. The summed E-state index contributed by atoms with van der Waals surface area (Å²) in [5.41, 5.74) is 0.923. The molecule has 2 fully saturated rings. The lowest BCUT2D eigenvalue weighted by atomic mass is 10.0. The van der Waals surface area contributed by atoms with Crippen molar-refractivity contribution in [3.8, 4) is 0 Å². The van der Waals surface area contributed by atoms with Gasteiger partial charge >= 0.3 is 0 Å². The van der Waals surface area contributed by atoms with Crippen LogP contribution in [0.2, 0.25) is 0 Å². The number of fused-ring (bicyclic) bond motifs is 1. The smallest absolute Gasteiger partial charge is 0.237 e. The van der Waals surface area contributed by atoms with Crippen LogP contribution in [0.5, 0.6) is 0 Å². The zero-order valence-corrected chi connectivity index (χ0v) is 10.9. The molecule has 0 unspecified atom stereocenters. The molecule has 1 saturated heterocycles. The van der Waals surface area contributed by atoms with Crippen molar-refractivity contribution in [2.75, 3.05) is 0 Å². The van der Waals surface area contributed by atoms with Crippen LogP contribution in [0.3, 0.4) is 0 Å². The number of carbonyl (C=O) groups excluding carboxylic acids is 1. The van der Waals surface area contributed by atoms with E-state index in [1.165, 1.54) is 0 Å². The van der Waals surface area contributed by atoms with Crippen molar-refractivity contribution in [1.29, 1.82) is 0 Å². The van der Waals surface area contributed by atoms with Gasteiger partial charge in [0.2, 0.25) is 5.91 Å². The predicted molar refractivity (Wildman–Crippen MR) is 65.1 cm³/mol. The molecule has 2 rings (SSSR count). The van der Waals surface area contributed by atoms with Crippen molar-refractivity contribution in [3.63, 3.8) is 0 Å². The van der Waals surface area contributed by atoms with E-state index >= 15 is 0 Å². The lowest BCUT2D eigenvalue weighted by Crippen LogP contribution is -2.45. The Labute approximate surface area is 102 Å². The summed E-state index contributed by atoms with van der Waals surface area (Å²) in [6.07, 6.45) is 2.03. The highest BCUT2D eigenvalue weighted by Gasteiger charge is 2.58. The highest BCUT2D eigenvalue weighted by molar-refractivity contribution is 5.83. The molecule has 3 nitrogen and oxygen atoms in total. The number of nitrogens with one attached hydrogen (secondary N) is 2. The molecule has 1 aliphatic heterocycles. The monoisotopic (exact) mass is 240 g/mol. The molecule has 0 aromatic rings. The van der Waals surface area contributed by atoms with Crippen molar-refractivity contribution >= 4 is 5.91 Å². The molecule has 4 heteroatoms. The summed E-state index contributed by atoms with van der Waals surface area (Å²) < 4.78 is 13.6. The first-order valence-corrected chi connectivity index (χ1v) is 6.23. The van der Waals surface area contributed by atoms with Gasteiger partial charge in [-0.3, -0.25) is 4.79 Å².